The van der Waals surface area contributed by atoms with Gasteiger partial charge in [0, 0.05) is 30.5 Å². The molecule has 2 aliphatic rings. The molecule has 1 aliphatic carbocycles. The van der Waals surface area contributed by atoms with E-state index >= 15 is 0 Å². The van der Waals surface area contributed by atoms with Gasteiger partial charge < -0.3 is 4.90 Å². The monoisotopic (exact) mass is 371 g/mol. The molecule has 3 atom stereocenters. The van der Waals surface area contributed by atoms with Crippen molar-refractivity contribution in [3.8, 4) is 0 Å². The molecule has 0 aromatic carbocycles. The Kier molecular flexibility index (Phi) is 7.78. The van der Waals surface area contributed by atoms with E-state index in [-0.39, 0.29) is 17.6 Å². The van der Waals surface area contributed by atoms with Crippen molar-refractivity contribution in [2.75, 3.05) is 18.6 Å². The number of nitrogens with zero attached hydrogens (tertiary/aromatic N) is 1. The van der Waals surface area contributed by atoms with Crippen LogP contribution in [-0.4, -0.2) is 43.8 Å². The fraction of sp³-hybridized carbons (Fsp3) is 0.950. The molecule has 146 valence electrons. The molecule has 5 heteroatoms. The summed E-state index contributed by atoms with van der Waals surface area (Å²) in [6.45, 7) is 5.22. The highest BCUT2D eigenvalue weighted by molar-refractivity contribution is 7.90. The lowest BCUT2D eigenvalue weighted by molar-refractivity contribution is -0.141. The van der Waals surface area contributed by atoms with Gasteiger partial charge in [0.25, 0.3) is 0 Å². The Morgan fingerprint density at radius 1 is 1.08 bits per heavy atom. The Morgan fingerprint density at radius 2 is 1.76 bits per heavy atom. The first kappa shape index (κ1) is 20.7. The van der Waals surface area contributed by atoms with Crippen LogP contribution in [0.25, 0.3) is 0 Å². The third kappa shape index (κ3) is 6.26. The standard InChI is InChI=1S/C20H37NO3S/c1-4-8-18(11-7-14-25(3,23)24)20(22)21-15-19(13-12-16(21)2)17-9-5-6-10-17/h16-19H,4-15H2,1-3H3/t16-,18?,19-/m1/s1. The predicted molar refractivity (Wildman–Crippen MR) is 103 cm³/mol. The second kappa shape index (κ2) is 9.38. The first-order valence-electron chi connectivity index (χ1n) is 10.3. The van der Waals surface area contributed by atoms with E-state index in [9.17, 15) is 13.2 Å². The SMILES string of the molecule is CCCC(CCCS(C)(=O)=O)C(=O)N1C[C@H](C2CCCC2)CC[C@H]1C. The molecule has 2 fully saturated rings. The summed E-state index contributed by atoms with van der Waals surface area (Å²) in [5, 5.41) is 0. The molecule has 4 nitrogen and oxygen atoms in total. The molecule has 0 N–H and O–H groups in total. The Morgan fingerprint density at radius 3 is 2.36 bits per heavy atom. The summed E-state index contributed by atoms with van der Waals surface area (Å²) in [4.78, 5) is 15.3. The molecule has 2 rings (SSSR count). The quantitative estimate of drug-likeness (QED) is 0.647. The summed E-state index contributed by atoms with van der Waals surface area (Å²) < 4.78 is 22.8. The lowest BCUT2D eigenvalue weighted by atomic mass is 9.81. The summed E-state index contributed by atoms with van der Waals surface area (Å²) in [5.41, 5.74) is 0. The first-order valence-corrected chi connectivity index (χ1v) is 12.4. The number of piperidine rings is 1. The molecular formula is C20H37NO3S. The van der Waals surface area contributed by atoms with Gasteiger partial charge in [-0.2, -0.15) is 0 Å². The molecule has 1 saturated carbocycles. The van der Waals surface area contributed by atoms with Crippen LogP contribution in [0.5, 0.6) is 0 Å². The molecule has 1 amide bonds. The van der Waals surface area contributed by atoms with Crippen LogP contribution >= 0.6 is 0 Å². The molecule has 0 aromatic heterocycles. The van der Waals surface area contributed by atoms with Crippen molar-refractivity contribution in [2.24, 2.45) is 17.8 Å². The van der Waals surface area contributed by atoms with E-state index in [4.69, 9.17) is 0 Å². The Hall–Kier alpha value is -0.580. The van der Waals surface area contributed by atoms with E-state index in [0.29, 0.717) is 24.8 Å². The number of hydrogen-bond donors (Lipinski definition) is 0. The Labute approximate surface area is 154 Å². The molecule has 1 heterocycles. The van der Waals surface area contributed by atoms with Crippen LogP contribution in [-0.2, 0) is 14.6 Å². The third-order valence-electron chi connectivity index (χ3n) is 6.32. The maximum absolute atomic E-state index is 13.2. The molecule has 0 spiro atoms. The maximum Gasteiger partial charge on any atom is 0.225 e. The third-order valence-corrected chi connectivity index (χ3v) is 7.35. The van der Waals surface area contributed by atoms with Crippen LogP contribution in [0.4, 0.5) is 0 Å². The van der Waals surface area contributed by atoms with Gasteiger partial charge in [0.1, 0.15) is 9.84 Å². The summed E-state index contributed by atoms with van der Waals surface area (Å²) in [6.07, 6.45) is 12.2. The van der Waals surface area contributed by atoms with E-state index in [1.165, 1.54) is 38.4 Å². The zero-order valence-electron chi connectivity index (χ0n) is 16.4. The van der Waals surface area contributed by atoms with E-state index in [1.54, 1.807) is 0 Å². The zero-order chi connectivity index (χ0) is 18.4. The van der Waals surface area contributed by atoms with E-state index in [0.717, 1.165) is 31.7 Å². The molecule has 0 bridgehead atoms. The molecule has 1 unspecified atom stereocenters. The van der Waals surface area contributed by atoms with Gasteiger partial charge in [-0.1, -0.05) is 39.0 Å². The number of likely N-dealkylation sites (tertiary alicyclic amines) is 1. The van der Waals surface area contributed by atoms with Gasteiger partial charge in [-0.25, -0.2) is 8.42 Å². The van der Waals surface area contributed by atoms with Crippen LogP contribution in [0.15, 0.2) is 0 Å². The van der Waals surface area contributed by atoms with Gasteiger partial charge in [0.15, 0.2) is 0 Å². The smallest absolute Gasteiger partial charge is 0.225 e. The number of carbonyl (C=O) groups excluding carboxylic acids is 1. The molecular weight excluding hydrogens is 334 g/mol. The van der Waals surface area contributed by atoms with E-state index in [1.807, 2.05) is 0 Å². The van der Waals surface area contributed by atoms with Crippen molar-refractivity contribution < 1.29 is 13.2 Å². The summed E-state index contributed by atoms with van der Waals surface area (Å²) in [7, 11) is -2.94. The Balaban J connectivity index is 1.97. The minimum absolute atomic E-state index is 0.00321. The molecule has 0 aromatic rings. The zero-order valence-corrected chi connectivity index (χ0v) is 17.2. The van der Waals surface area contributed by atoms with Gasteiger partial charge in [-0.05, 0) is 50.9 Å². The van der Waals surface area contributed by atoms with Crippen molar-refractivity contribution >= 4 is 15.7 Å². The van der Waals surface area contributed by atoms with E-state index in [2.05, 4.69) is 18.7 Å². The Bertz CT molecular complexity index is 525. The van der Waals surface area contributed by atoms with Gasteiger partial charge in [0.2, 0.25) is 5.91 Å². The van der Waals surface area contributed by atoms with Crippen LogP contribution < -0.4 is 0 Å². The summed E-state index contributed by atoms with van der Waals surface area (Å²) >= 11 is 0. The molecule has 1 saturated heterocycles. The largest absolute Gasteiger partial charge is 0.339 e. The lowest BCUT2D eigenvalue weighted by Gasteiger charge is -2.42. The van der Waals surface area contributed by atoms with Crippen molar-refractivity contribution in [1.29, 1.82) is 0 Å². The van der Waals surface area contributed by atoms with Gasteiger partial charge in [0.05, 0.1) is 0 Å². The second-order valence-electron chi connectivity index (χ2n) is 8.48. The van der Waals surface area contributed by atoms with Crippen molar-refractivity contribution in [1.82, 2.24) is 4.90 Å². The van der Waals surface area contributed by atoms with Crippen LogP contribution in [0.2, 0.25) is 0 Å². The van der Waals surface area contributed by atoms with Crippen LogP contribution in [0.1, 0.15) is 78.1 Å². The van der Waals surface area contributed by atoms with E-state index < -0.39 is 9.84 Å². The number of hydrogen-bond acceptors (Lipinski definition) is 3. The fourth-order valence-electron chi connectivity index (χ4n) is 4.82. The van der Waals surface area contributed by atoms with Crippen molar-refractivity contribution in [3.05, 3.63) is 0 Å². The highest BCUT2D eigenvalue weighted by Crippen LogP contribution is 2.38. The van der Waals surface area contributed by atoms with Crippen LogP contribution in [0.3, 0.4) is 0 Å². The maximum atomic E-state index is 13.2. The van der Waals surface area contributed by atoms with Gasteiger partial charge in [-0.3, -0.25) is 4.79 Å². The number of rotatable bonds is 8. The fourth-order valence-corrected chi connectivity index (χ4v) is 5.51. The van der Waals surface area contributed by atoms with Crippen LogP contribution in [0, 0.1) is 17.8 Å². The van der Waals surface area contributed by atoms with Crippen molar-refractivity contribution in [2.45, 2.75) is 84.1 Å². The summed E-state index contributed by atoms with van der Waals surface area (Å²) in [6, 6.07) is 0.333. The second-order valence-corrected chi connectivity index (χ2v) is 10.7. The molecule has 1 aliphatic heterocycles. The molecule has 0 radical (unpaired) electrons. The van der Waals surface area contributed by atoms with Crippen molar-refractivity contribution in [3.63, 3.8) is 0 Å². The number of sulfone groups is 1. The highest BCUT2D eigenvalue weighted by Gasteiger charge is 2.36. The van der Waals surface area contributed by atoms with Gasteiger partial charge >= 0.3 is 0 Å². The highest BCUT2D eigenvalue weighted by atomic mass is 32.2. The number of carbonyl (C=O) groups is 1. The minimum Gasteiger partial charge on any atom is -0.339 e. The minimum atomic E-state index is -2.94. The number of amides is 1. The van der Waals surface area contributed by atoms with Gasteiger partial charge in [-0.15, -0.1) is 0 Å². The molecule has 25 heavy (non-hydrogen) atoms. The first-order chi connectivity index (χ1) is 11.8. The predicted octanol–water partition coefficient (Wildman–Crippen LogP) is 4.04. The summed E-state index contributed by atoms with van der Waals surface area (Å²) in [5.74, 6) is 1.97. The average Bonchev–Trinajstić information content (AvgIpc) is 3.07. The average molecular weight is 372 g/mol. The lowest BCUT2D eigenvalue weighted by Crippen LogP contribution is -2.49. The topological polar surface area (TPSA) is 54.5 Å². The normalized spacial score (nSPS) is 26.8.